The maximum Gasteiger partial charge on any atom is 0.242 e. The van der Waals surface area contributed by atoms with E-state index >= 15 is 0 Å². The maximum absolute atomic E-state index is 13.2. The molecule has 0 bridgehead atoms. The number of ether oxygens (including phenoxy) is 2. The van der Waals surface area contributed by atoms with Crippen LogP contribution in [0.25, 0.3) is 0 Å². The summed E-state index contributed by atoms with van der Waals surface area (Å²) >= 11 is 0. The van der Waals surface area contributed by atoms with Gasteiger partial charge in [0.1, 0.15) is 19.3 Å². The smallest absolute Gasteiger partial charge is 0.242 e. The second-order valence-corrected chi connectivity index (χ2v) is 9.63. The van der Waals surface area contributed by atoms with Crippen LogP contribution in [0.3, 0.4) is 0 Å². The zero-order valence-electron chi connectivity index (χ0n) is 19.0. The van der Waals surface area contributed by atoms with Crippen LogP contribution in [0.15, 0.2) is 77.7 Å². The van der Waals surface area contributed by atoms with E-state index in [1.807, 2.05) is 30.3 Å². The van der Waals surface area contributed by atoms with Gasteiger partial charge in [0.2, 0.25) is 21.8 Å². The van der Waals surface area contributed by atoms with Gasteiger partial charge in [-0.25, -0.2) is 8.42 Å². The van der Waals surface area contributed by atoms with Crippen LogP contribution in [0.2, 0.25) is 0 Å². The number of nitrogens with one attached hydrogen (secondary N) is 3. The van der Waals surface area contributed by atoms with Gasteiger partial charge < -0.3 is 20.1 Å². The summed E-state index contributed by atoms with van der Waals surface area (Å²) in [6.45, 7) is 2.11. The highest BCUT2D eigenvalue weighted by molar-refractivity contribution is 7.89. The topological polar surface area (TPSA) is 123 Å². The molecule has 0 aliphatic carbocycles. The number of sulfonamides is 1. The van der Waals surface area contributed by atoms with Crippen LogP contribution in [-0.4, -0.2) is 39.5 Å². The molecule has 0 saturated heterocycles. The Balaban J connectivity index is 1.55. The van der Waals surface area contributed by atoms with Crippen LogP contribution in [-0.2, 0) is 26.0 Å². The number of amides is 2. The molecule has 10 heteroatoms. The molecule has 4 rings (SSSR count). The first-order valence-corrected chi connectivity index (χ1v) is 12.4. The van der Waals surface area contributed by atoms with Gasteiger partial charge in [0.05, 0.1) is 4.90 Å². The van der Waals surface area contributed by atoms with Crippen LogP contribution in [0.4, 0.5) is 11.4 Å². The second-order valence-electron chi connectivity index (χ2n) is 7.92. The molecule has 0 spiro atoms. The minimum absolute atomic E-state index is 0.0349. The highest BCUT2D eigenvalue weighted by Gasteiger charge is 2.27. The molecule has 0 saturated carbocycles. The molecule has 3 aromatic carbocycles. The van der Waals surface area contributed by atoms with E-state index in [-0.39, 0.29) is 17.2 Å². The molecule has 1 heterocycles. The Morgan fingerprint density at radius 3 is 2.14 bits per heavy atom. The molecule has 3 N–H and O–H groups in total. The zero-order valence-corrected chi connectivity index (χ0v) is 19.8. The Hall–Kier alpha value is -3.89. The van der Waals surface area contributed by atoms with E-state index in [2.05, 4.69) is 15.4 Å². The van der Waals surface area contributed by atoms with Crippen LogP contribution >= 0.6 is 0 Å². The Morgan fingerprint density at radius 1 is 0.857 bits per heavy atom. The summed E-state index contributed by atoms with van der Waals surface area (Å²) in [7, 11) is -4.06. The molecule has 35 heavy (non-hydrogen) atoms. The quantitative estimate of drug-likeness (QED) is 0.442. The van der Waals surface area contributed by atoms with Crippen LogP contribution in [0.1, 0.15) is 12.5 Å². The summed E-state index contributed by atoms with van der Waals surface area (Å²) in [6, 6.07) is 18.9. The second kappa shape index (κ2) is 10.6. The Labute approximate surface area is 203 Å². The highest BCUT2D eigenvalue weighted by Crippen LogP contribution is 2.32. The number of carbonyl (C=O) groups is 2. The van der Waals surface area contributed by atoms with E-state index < -0.39 is 22.0 Å². The van der Waals surface area contributed by atoms with E-state index in [4.69, 9.17) is 9.47 Å². The number of fused-ring (bicyclic) bond motifs is 1. The minimum atomic E-state index is -4.06. The summed E-state index contributed by atoms with van der Waals surface area (Å²) in [5.74, 6) is 0.0689. The molecule has 1 unspecified atom stereocenters. The molecule has 9 nitrogen and oxygen atoms in total. The van der Waals surface area contributed by atoms with Gasteiger partial charge in [0.15, 0.2) is 11.5 Å². The SMILES string of the molecule is CC(=O)Nc1ccc(NC(=O)C(Cc2ccccc2)NS(=O)(=O)c2ccc3c(c2)OCCO3)cc1. The van der Waals surface area contributed by atoms with Crippen molar-refractivity contribution >= 4 is 33.2 Å². The third-order valence-corrected chi connectivity index (χ3v) is 6.66. The first-order valence-electron chi connectivity index (χ1n) is 10.9. The van der Waals surface area contributed by atoms with E-state index in [1.54, 1.807) is 24.3 Å². The van der Waals surface area contributed by atoms with Gasteiger partial charge in [0.25, 0.3) is 0 Å². The lowest BCUT2D eigenvalue weighted by Gasteiger charge is -2.21. The summed E-state index contributed by atoms with van der Waals surface area (Å²) < 4.78 is 39.9. The molecule has 1 aliphatic heterocycles. The molecule has 0 aromatic heterocycles. The normalized spacial score (nSPS) is 13.5. The predicted octanol–water partition coefficient (Wildman–Crippen LogP) is 2.94. The van der Waals surface area contributed by atoms with Crippen molar-refractivity contribution in [1.82, 2.24) is 4.72 Å². The van der Waals surface area contributed by atoms with Crippen molar-refractivity contribution in [3.63, 3.8) is 0 Å². The Bertz CT molecular complexity index is 1310. The van der Waals surface area contributed by atoms with Gasteiger partial charge in [-0.2, -0.15) is 4.72 Å². The van der Waals surface area contributed by atoms with Crippen molar-refractivity contribution < 1.29 is 27.5 Å². The third-order valence-electron chi connectivity index (χ3n) is 5.19. The molecule has 1 aliphatic rings. The standard InChI is InChI=1S/C25H25N3O6S/c1-17(29)26-19-7-9-20(10-8-19)27-25(30)22(15-18-5-3-2-4-6-18)28-35(31,32)21-11-12-23-24(16-21)34-14-13-33-23/h2-12,16,22,28H,13-15H2,1H3,(H,26,29)(H,27,30). The Kier molecular flexibility index (Phi) is 7.33. The fraction of sp³-hybridized carbons (Fsp3) is 0.200. The number of hydrogen-bond acceptors (Lipinski definition) is 6. The Morgan fingerprint density at radius 2 is 1.49 bits per heavy atom. The molecule has 2 amide bonds. The summed E-state index contributed by atoms with van der Waals surface area (Å²) in [5, 5.41) is 5.39. The van der Waals surface area contributed by atoms with E-state index in [1.165, 1.54) is 25.1 Å². The highest BCUT2D eigenvalue weighted by atomic mass is 32.2. The fourth-order valence-corrected chi connectivity index (χ4v) is 4.76. The van der Waals surface area contributed by atoms with Crippen LogP contribution in [0.5, 0.6) is 11.5 Å². The van der Waals surface area contributed by atoms with Gasteiger partial charge in [-0.3, -0.25) is 9.59 Å². The van der Waals surface area contributed by atoms with E-state index in [0.29, 0.717) is 36.1 Å². The molecule has 0 fully saturated rings. The van der Waals surface area contributed by atoms with Gasteiger partial charge in [0, 0.05) is 24.4 Å². The van der Waals surface area contributed by atoms with Crippen molar-refractivity contribution in [2.24, 2.45) is 0 Å². The number of hydrogen-bond donors (Lipinski definition) is 3. The fourth-order valence-electron chi connectivity index (χ4n) is 3.55. The summed E-state index contributed by atoms with van der Waals surface area (Å²) in [4.78, 5) is 24.3. The molecular weight excluding hydrogens is 470 g/mol. The maximum atomic E-state index is 13.2. The molecule has 0 radical (unpaired) electrons. The summed E-state index contributed by atoms with van der Waals surface area (Å²) in [6.07, 6.45) is 0.139. The van der Waals surface area contributed by atoms with Crippen molar-refractivity contribution in [1.29, 1.82) is 0 Å². The third kappa shape index (κ3) is 6.37. The zero-order chi connectivity index (χ0) is 24.8. The monoisotopic (exact) mass is 495 g/mol. The predicted molar refractivity (Wildman–Crippen MR) is 131 cm³/mol. The number of anilines is 2. The first kappa shape index (κ1) is 24.2. The molecular formula is C25H25N3O6S. The van der Waals surface area contributed by atoms with Crippen molar-refractivity contribution in [3.8, 4) is 11.5 Å². The van der Waals surface area contributed by atoms with Crippen LogP contribution in [0, 0.1) is 0 Å². The van der Waals surface area contributed by atoms with Crippen molar-refractivity contribution in [3.05, 3.63) is 78.4 Å². The minimum Gasteiger partial charge on any atom is -0.486 e. The molecule has 1 atom stereocenters. The van der Waals surface area contributed by atoms with Crippen molar-refractivity contribution in [2.45, 2.75) is 24.3 Å². The lowest BCUT2D eigenvalue weighted by Crippen LogP contribution is -2.45. The number of carbonyl (C=O) groups excluding carboxylic acids is 2. The molecule has 3 aromatic rings. The van der Waals surface area contributed by atoms with Crippen molar-refractivity contribution in [2.75, 3.05) is 23.8 Å². The van der Waals surface area contributed by atoms with Gasteiger partial charge in [-0.15, -0.1) is 0 Å². The lowest BCUT2D eigenvalue weighted by atomic mass is 10.1. The van der Waals surface area contributed by atoms with E-state index in [9.17, 15) is 18.0 Å². The number of benzene rings is 3. The molecule has 182 valence electrons. The van der Waals surface area contributed by atoms with Gasteiger partial charge in [-0.05, 0) is 48.4 Å². The lowest BCUT2D eigenvalue weighted by molar-refractivity contribution is -0.117. The first-order chi connectivity index (χ1) is 16.8. The number of rotatable bonds is 8. The van der Waals surface area contributed by atoms with Gasteiger partial charge >= 0.3 is 0 Å². The average molecular weight is 496 g/mol. The average Bonchev–Trinajstić information content (AvgIpc) is 2.84. The van der Waals surface area contributed by atoms with Crippen LogP contribution < -0.4 is 24.8 Å². The van der Waals surface area contributed by atoms with E-state index in [0.717, 1.165) is 5.56 Å². The largest absolute Gasteiger partial charge is 0.486 e. The summed E-state index contributed by atoms with van der Waals surface area (Å²) in [5.41, 5.74) is 1.83. The van der Waals surface area contributed by atoms with Gasteiger partial charge in [-0.1, -0.05) is 30.3 Å².